The van der Waals surface area contributed by atoms with Crippen molar-refractivity contribution in [1.29, 1.82) is 0 Å². The molecule has 4 nitrogen and oxygen atoms in total. The van der Waals surface area contributed by atoms with Gasteiger partial charge in [-0.25, -0.2) is 8.91 Å². The second kappa shape index (κ2) is 6.75. The first kappa shape index (κ1) is 18.2. The first-order chi connectivity index (χ1) is 13.3. The highest BCUT2D eigenvalue weighted by molar-refractivity contribution is 5.65. The Morgan fingerprint density at radius 1 is 0.964 bits per heavy atom. The maximum Gasteiger partial charge on any atom is 0.276 e. The average molecular weight is 375 g/mol. The van der Waals surface area contributed by atoms with Gasteiger partial charge in [-0.3, -0.25) is 4.79 Å². The molecule has 0 amide bonds. The van der Waals surface area contributed by atoms with E-state index < -0.39 is 0 Å². The van der Waals surface area contributed by atoms with E-state index in [2.05, 4.69) is 50.1 Å². The highest BCUT2D eigenvalue weighted by Crippen LogP contribution is 2.22. The van der Waals surface area contributed by atoms with Gasteiger partial charge in [-0.1, -0.05) is 45.0 Å². The summed E-state index contributed by atoms with van der Waals surface area (Å²) in [5, 5.41) is 4.44. The molecule has 2 heterocycles. The number of hydrogen-bond acceptors (Lipinski definition) is 2. The Morgan fingerprint density at radius 3 is 2.29 bits per heavy atom. The summed E-state index contributed by atoms with van der Waals surface area (Å²) in [6.07, 6.45) is 3.52. The molecular formula is C23H22FN3O. The lowest BCUT2D eigenvalue weighted by Crippen LogP contribution is -2.21. The molecule has 0 aliphatic carbocycles. The molecule has 0 saturated heterocycles. The number of rotatable bonds is 3. The molecule has 28 heavy (non-hydrogen) atoms. The molecule has 0 N–H and O–H groups in total. The summed E-state index contributed by atoms with van der Waals surface area (Å²) in [5.41, 5.74) is 4.23. The number of aromatic nitrogens is 3. The molecule has 0 fully saturated rings. The van der Waals surface area contributed by atoms with Crippen LogP contribution in [-0.2, 0) is 12.0 Å². The van der Waals surface area contributed by atoms with Crippen molar-refractivity contribution >= 4 is 5.52 Å². The van der Waals surface area contributed by atoms with E-state index in [1.54, 1.807) is 39.7 Å². The summed E-state index contributed by atoms with van der Waals surface area (Å²) < 4.78 is 16.4. The lowest BCUT2D eigenvalue weighted by atomic mass is 9.87. The standard InChI is InChI=1S/C23H22FN3O/c1-23(2,3)18-8-4-16(5-9-18)15-26-12-13-27-21(22(26)28)14-20(25-27)17-6-10-19(24)11-7-17/h4-14H,15H2,1-3H3. The van der Waals surface area contributed by atoms with Crippen molar-refractivity contribution in [3.05, 3.63) is 94.3 Å². The van der Waals surface area contributed by atoms with Gasteiger partial charge in [0.15, 0.2) is 0 Å². The van der Waals surface area contributed by atoms with E-state index in [9.17, 15) is 9.18 Å². The van der Waals surface area contributed by atoms with Gasteiger partial charge in [-0.2, -0.15) is 5.10 Å². The number of halogens is 1. The van der Waals surface area contributed by atoms with E-state index >= 15 is 0 Å². The first-order valence-electron chi connectivity index (χ1n) is 9.25. The van der Waals surface area contributed by atoms with Crippen LogP contribution in [0.15, 0.2) is 71.8 Å². The van der Waals surface area contributed by atoms with Crippen LogP contribution in [-0.4, -0.2) is 14.2 Å². The topological polar surface area (TPSA) is 39.3 Å². The number of hydrogen-bond donors (Lipinski definition) is 0. The lowest BCUT2D eigenvalue weighted by molar-refractivity contribution is 0.589. The van der Waals surface area contributed by atoms with Gasteiger partial charge >= 0.3 is 0 Å². The Hall–Kier alpha value is -3.21. The van der Waals surface area contributed by atoms with Gasteiger partial charge in [-0.15, -0.1) is 0 Å². The molecule has 0 saturated carbocycles. The van der Waals surface area contributed by atoms with Gasteiger partial charge in [-0.05, 0) is 46.9 Å². The van der Waals surface area contributed by atoms with Crippen molar-refractivity contribution in [2.24, 2.45) is 0 Å². The third-order valence-electron chi connectivity index (χ3n) is 4.92. The molecular weight excluding hydrogens is 353 g/mol. The number of benzene rings is 2. The van der Waals surface area contributed by atoms with E-state index in [-0.39, 0.29) is 16.8 Å². The molecule has 0 spiro atoms. The van der Waals surface area contributed by atoms with E-state index in [4.69, 9.17) is 0 Å². The fourth-order valence-electron chi connectivity index (χ4n) is 3.22. The zero-order chi connectivity index (χ0) is 19.9. The van der Waals surface area contributed by atoms with Gasteiger partial charge in [0.1, 0.15) is 11.3 Å². The molecule has 5 heteroatoms. The van der Waals surface area contributed by atoms with Crippen molar-refractivity contribution in [2.45, 2.75) is 32.7 Å². The van der Waals surface area contributed by atoms with E-state index in [1.807, 2.05) is 0 Å². The minimum Gasteiger partial charge on any atom is -0.308 e. The summed E-state index contributed by atoms with van der Waals surface area (Å²) in [5.74, 6) is -0.299. The van der Waals surface area contributed by atoms with Crippen molar-refractivity contribution in [2.75, 3.05) is 0 Å². The Morgan fingerprint density at radius 2 is 1.64 bits per heavy atom. The number of fused-ring (bicyclic) bond motifs is 1. The van der Waals surface area contributed by atoms with Crippen LogP contribution in [0.1, 0.15) is 31.9 Å². The van der Waals surface area contributed by atoms with Crippen molar-refractivity contribution < 1.29 is 4.39 Å². The third kappa shape index (κ3) is 3.48. The van der Waals surface area contributed by atoms with Crippen LogP contribution in [0, 0.1) is 5.82 Å². The first-order valence-corrected chi connectivity index (χ1v) is 9.25. The third-order valence-corrected chi connectivity index (χ3v) is 4.92. The van der Waals surface area contributed by atoms with E-state index in [1.165, 1.54) is 17.7 Å². The summed E-state index contributed by atoms with van der Waals surface area (Å²) in [4.78, 5) is 12.9. The molecule has 4 aromatic rings. The van der Waals surface area contributed by atoms with Crippen LogP contribution >= 0.6 is 0 Å². The fourth-order valence-corrected chi connectivity index (χ4v) is 3.22. The maximum atomic E-state index is 13.1. The van der Waals surface area contributed by atoms with Gasteiger partial charge in [0.2, 0.25) is 0 Å². The van der Waals surface area contributed by atoms with Crippen LogP contribution in [0.2, 0.25) is 0 Å². The normalized spacial score (nSPS) is 11.9. The second-order valence-corrected chi connectivity index (χ2v) is 8.04. The van der Waals surface area contributed by atoms with E-state index in [0.29, 0.717) is 17.8 Å². The Balaban J connectivity index is 1.66. The van der Waals surface area contributed by atoms with Crippen LogP contribution in [0.3, 0.4) is 0 Å². The summed E-state index contributed by atoms with van der Waals surface area (Å²) >= 11 is 0. The molecule has 4 rings (SSSR count). The Kier molecular flexibility index (Phi) is 4.38. The molecule has 0 bridgehead atoms. The van der Waals surface area contributed by atoms with Crippen LogP contribution in [0.5, 0.6) is 0 Å². The molecule has 0 aliphatic heterocycles. The van der Waals surface area contributed by atoms with E-state index in [0.717, 1.165) is 11.1 Å². The van der Waals surface area contributed by atoms with Crippen molar-refractivity contribution in [3.8, 4) is 11.3 Å². The Labute approximate surface area is 162 Å². The predicted octanol–water partition coefficient (Wildman–Crippen LogP) is 4.65. The molecule has 0 aliphatic rings. The van der Waals surface area contributed by atoms with Gasteiger partial charge < -0.3 is 4.57 Å². The lowest BCUT2D eigenvalue weighted by Gasteiger charge is -2.19. The van der Waals surface area contributed by atoms with Gasteiger partial charge in [0, 0.05) is 18.0 Å². The van der Waals surface area contributed by atoms with Crippen molar-refractivity contribution in [1.82, 2.24) is 14.2 Å². The maximum absolute atomic E-state index is 13.1. The zero-order valence-corrected chi connectivity index (χ0v) is 16.2. The quantitative estimate of drug-likeness (QED) is 0.523. The molecule has 142 valence electrons. The van der Waals surface area contributed by atoms with Crippen LogP contribution in [0.4, 0.5) is 4.39 Å². The SMILES string of the molecule is CC(C)(C)c1ccc(Cn2ccn3nc(-c4ccc(F)cc4)cc3c2=O)cc1. The number of nitrogens with zero attached hydrogens (tertiary/aromatic N) is 3. The van der Waals surface area contributed by atoms with Crippen LogP contribution < -0.4 is 5.56 Å². The highest BCUT2D eigenvalue weighted by Gasteiger charge is 2.13. The molecule has 0 unspecified atom stereocenters. The highest BCUT2D eigenvalue weighted by atomic mass is 19.1. The van der Waals surface area contributed by atoms with Gasteiger partial charge in [0.25, 0.3) is 5.56 Å². The zero-order valence-electron chi connectivity index (χ0n) is 16.2. The van der Waals surface area contributed by atoms with Crippen molar-refractivity contribution in [3.63, 3.8) is 0 Å². The smallest absolute Gasteiger partial charge is 0.276 e. The largest absolute Gasteiger partial charge is 0.308 e. The summed E-state index contributed by atoms with van der Waals surface area (Å²) in [6.45, 7) is 7.03. The van der Waals surface area contributed by atoms with Gasteiger partial charge in [0.05, 0.1) is 12.2 Å². The summed E-state index contributed by atoms with van der Waals surface area (Å²) in [7, 11) is 0. The molecule has 2 aromatic heterocycles. The summed E-state index contributed by atoms with van der Waals surface area (Å²) in [6, 6.07) is 16.2. The van der Waals surface area contributed by atoms with Crippen LogP contribution in [0.25, 0.3) is 16.8 Å². The predicted molar refractivity (Wildman–Crippen MR) is 109 cm³/mol. The molecule has 2 aromatic carbocycles. The minimum atomic E-state index is -0.299. The minimum absolute atomic E-state index is 0.0998. The molecule has 0 radical (unpaired) electrons. The second-order valence-electron chi connectivity index (χ2n) is 8.04. The molecule has 0 atom stereocenters. The fraction of sp³-hybridized carbons (Fsp3) is 0.217. The monoisotopic (exact) mass is 375 g/mol. The average Bonchev–Trinajstić information content (AvgIpc) is 3.09. The Bertz CT molecular complexity index is 1180.